The van der Waals surface area contributed by atoms with E-state index in [-0.39, 0.29) is 17.2 Å². The molecule has 150 valence electrons. The predicted molar refractivity (Wildman–Crippen MR) is 117 cm³/mol. The van der Waals surface area contributed by atoms with Gasteiger partial charge in [0.25, 0.3) is 10.0 Å². The van der Waals surface area contributed by atoms with Crippen LogP contribution in [0.1, 0.15) is 16.7 Å². The van der Waals surface area contributed by atoms with Gasteiger partial charge in [-0.15, -0.1) is 0 Å². The Hall–Kier alpha value is -2.83. The zero-order valence-corrected chi connectivity index (χ0v) is 17.6. The number of benzene rings is 3. The number of carbonyl (C=O) groups excluding carboxylic acids is 1. The van der Waals surface area contributed by atoms with Crippen LogP contribution in [0.5, 0.6) is 0 Å². The number of amides is 1. The van der Waals surface area contributed by atoms with Crippen molar-refractivity contribution in [3.63, 3.8) is 0 Å². The highest BCUT2D eigenvalue weighted by Gasteiger charge is 2.15. The van der Waals surface area contributed by atoms with Crippen LogP contribution in [-0.4, -0.2) is 14.3 Å². The standard InChI is InChI=1S/C22H21ClN2O3S/c1-15-3-12-21(16(2)13-15)25-29(27,28)20-10-8-19(9-11-20)24-22(26)14-17-4-6-18(23)7-5-17/h3-13,25H,14H2,1-2H3,(H,24,26). The molecule has 0 aliphatic rings. The van der Waals surface area contributed by atoms with Crippen molar-refractivity contribution in [3.8, 4) is 0 Å². The molecule has 0 aliphatic heterocycles. The molecule has 0 fully saturated rings. The molecule has 0 aromatic heterocycles. The Balaban J connectivity index is 1.67. The predicted octanol–water partition coefficient (Wildman–Crippen LogP) is 4.94. The van der Waals surface area contributed by atoms with E-state index in [4.69, 9.17) is 11.6 Å². The maximum atomic E-state index is 12.6. The van der Waals surface area contributed by atoms with Crippen LogP contribution in [0.15, 0.2) is 71.6 Å². The first-order chi connectivity index (χ1) is 13.7. The number of halogens is 1. The molecule has 0 atom stereocenters. The first-order valence-electron chi connectivity index (χ1n) is 8.97. The van der Waals surface area contributed by atoms with Crippen molar-refractivity contribution in [3.05, 3.63) is 88.4 Å². The van der Waals surface area contributed by atoms with E-state index in [0.717, 1.165) is 16.7 Å². The van der Waals surface area contributed by atoms with Crippen LogP contribution in [0, 0.1) is 13.8 Å². The number of rotatable bonds is 6. The van der Waals surface area contributed by atoms with Gasteiger partial charge in [0.1, 0.15) is 0 Å². The third-order valence-corrected chi connectivity index (χ3v) is 5.99. The van der Waals surface area contributed by atoms with Gasteiger partial charge in [-0.3, -0.25) is 9.52 Å². The van der Waals surface area contributed by atoms with Gasteiger partial charge in [-0.2, -0.15) is 0 Å². The summed E-state index contributed by atoms with van der Waals surface area (Å²) >= 11 is 5.84. The summed E-state index contributed by atoms with van der Waals surface area (Å²) in [6.07, 6.45) is 0.200. The molecular weight excluding hydrogens is 408 g/mol. The van der Waals surface area contributed by atoms with Gasteiger partial charge < -0.3 is 5.32 Å². The Labute approximate surface area is 175 Å². The van der Waals surface area contributed by atoms with Crippen molar-refractivity contribution in [2.45, 2.75) is 25.2 Å². The molecule has 1 amide bonds. The van der Waals surface area contributed by atoms with Gasteiger partial charge >= 0.3 is 0 Å². The SMILES string of the molecule is Cc1ccc(NS(=O)(=O)c2ccc(NC(=O)Cc3ccc(Cl)cc3)cc2)c(C)c1. The van der Waals surface area contributed by atoms with E-state index in [1.807, 2.05) is 26.0 Å². The molecule has 0 unspecified atom stereocenters. The van der Waals surface area contributed by atoms with E-state index < -0.39 is 10.0 Å². The molecule has 5 nitrogen and oxygen atoms in total. The Kier molecular flexibility index (Phi) is 6.25. The highest BCUT2D eigenvalue weighted by atomic mass is 35.5. The van der Waals surface area contributed by atoms with Gasteiger partial charge in [0, 0.05) is 10.7 Å². The van der Waals surface area contributed by atoms with Crippen molar-refractivity contribution in [2.24, 2.45) is 0 Å². The van der Waals surface area contributed by atoms with Gasteiger partial charge in [-0.25, -0.2) is 8.42 Å². The lowest BCUT2D eigenvalue weighted by molar-refractivity contribution is -0.115. The molecule has 29 heavy (non-hydrogen) atoms. The lowest BCUT2D eigenvalue weighted by atomic mass is 10.1. The van der Waals surface area contributed by atoms with Gasteiger partial charge in [0.05, 0.1) is 17.0 Å². The molecule has 0 saturated carbocycles. The zero-order valence-electron chi connectivity index (χ0n) is 16.1. The second-order valence-electron chi connectivity index (χ2n) is 6.80. The van der Waals surface area contributed by atoms with Crippen LogP contribution in [0.2, 0.25) is 5.02 Å². The number of aryl methyl sites for hydroxylation is 2. The fourth-order valence-corrected chi connectivity index (χ4v) is 4.10. The Morgan fingerprint density at radius 1 is 0.931 bits per heavy atom. The van der Waals surface area contributed by atoms with Crippen LogP contribution in [0.25, 0.3) is 0 Å². The summed E-state index contributed by atoms with van der Waals surface area (Å²) in [6, 6.07) is 18.6. The minimum atomic E-state index is -3.72. The van der Waals surface area contributed by atoms with Crippen molar-refractivity contribution in [1.82, 2.24) is 0 Å². The first kappa shape index (κ1) is 20.9. The second kappa shape index (κ2) is 8.68. The number of carbonyl (C=O) groups is 1. The number of hydrogen-bond donors (Lipinski definition) is 2. The van der Waals surface area contributed by atoms with E-state index in [0.29, 0.717) is 16.4 Å². The quantitative estimate of drug-likeness (QED) is 0.584. The molecule has 0 spiro atoms. The van der Waals surface area contributed by atoms with E-state index >= 15 is 0 Å². The van der Waals surface area contributed by atoms with Crippen molar-refractivity contribution >= 4 is 38.9 Å². The van der Waals surface area contributed by atoms with Crippen molar-refractivity contribution in [2.75, 3.05) is 10.0 Å². The zero-order chi connectivity index (χ0) is 21.0. The van der Waals surface area contributed by atoms with Crippen molar-refractivity contribution < 1.29 is 13.2 Å². The lowest BCUT2D eigenvalue weighted by Gasteiger charge is -2.12. The third kappa shape index (κ3) is 5.59. The fraction of sp³-hybridized carbons (Fsp3) is 0.136. The van der Waals surface area contributed by atoms with Gasteiger partial charge in [0.2, 0.25) is 5.91 Å². The summed E-state index contributed by atoms with van der Waals surface area (Å²) in [5.74, 6) is -0.198. The summed E-state index contributed by atoms with van der Waals surface area (Å²) in [5.41, 5.74) is 3.80. The molecule has 3 aromatic carbocycles. The molecule has 0 saturated heterocycles. The lowest BCUT2D eigenvalue weighted by Crippen LogP contribution is -2.15. The number of hydrogen-bond acceptors (Lipinski definition) is 3. The fourth-order valence-electron chi connectivity index (χ4n) is 2.84. The normalized spacial score (nSPS) is 11.1. The topological polar surface area (TPSA) is 75.3 Å². The average molecular weight is 429 g/mol. The van der Waals surface area contributed by atoms with E-state index in [1.165, 1.54) is 12.1 Å². The molecule has 3 aromatic rings. The van der Waals surface area contributed by atoms with Crippen LogP contribution in [0.3, 0.4) is 0 Å². The monoisotopic (exact) mass is 428 g/mol. The first-order valence-corrected chi connectivity index (χ1v) is 10.8. The Bertz CT molecular complexity index is 1130. The van der Waals surface area contributed by atoms with Crippen molar-refractivity contribution in [1.29, 1.82) is 0 Å². The molecular formula is C22H21ClN2O3S. The minimum absolute atomic E-state index is 0.119. The van der Waals surface area contributed by atoms with Gasteiger partial charge in [-0.1, -0.05) is 41.4 Å². The maximum absolute atomic E-state index is 12.6. The summed E-state index contributed by atoms with van der Waals surface area (Å²) in [7, 11) is -3.72. The summed E-state index contributed by atoms with van der Waals surface area (Å²) < 4.78 is 27.9. The molecule has 0 bridgehead atoms. The third-order valence-electron chi connectivity index (χ3n) is 4.35. The Morgan fingerprint density at radius 3 is 2.21 bits per heavy atom. The largest absolute Gasteiger partial charge is 0.326 e. The smallest absolute Gasteiger partial charge is 0.261 e. The van der Waals surface area contributed by atoms with Crippen LogP contribution in [-0.2, 0) is 21.2 Å². The molecule has 0 heterocycles. The molecule has 3 rings (SSSR count). The maximum Gasteiger partial charge on any atom is 0.261 e. The molecule has 0 radical (unpaired) electrons. The van der Waals surface area contributed by atoms with Crippen LogP contribution >= 0.6 is 11.6 Å². The van der Waals surface area contributed by atoms with Crippen LogP contribution < -0.4 is 10.0 Å². The minimum Gasteiger partial charge on any atom is -0.326 e. The molecule has 2 N–H and O–H groups in total. The summed E-state index contributed by atoms with van der Waals surface area (Å²) in [4.78, 5) is 12.3. The second-order valence-corrected chi connectivity index (χ2v) is 8.92. The van der Waals surface area contributed by atoms with Gasteiger partial charge in [0.15, 0.2) is 0 Å². The van der Waals surface area contributed by atoms with E-state index in [9.17, 15) is 13.2 Å². The van der Waals surface area contributed by atoms with E-state index in [2.05, 4.69) is 10.0 Å². The number of anilines is 2. The number of sulfonamides is 1. The number of nitrogens with one attached hydrogen (secondary N) is 2. The average Bonchev–Trinajstić information content (AvgIpc) is 2.66. The van der Waals surface area contributed by atoms with Gasteiger partial charge in [-0.05, 0) is 67.4 Å². The highest BCUT2D eigenvalue weighted by Crippen LogP contribution is 2.22. The summed E-state index contributed by atoms with van der Waals surface area (Å²) in [5, 5.41) is 3.37. The molecule has 7 heteroatoms. The van der Waals surface area contributed by atoms with E-state index in [1.54, 1.807) is 42.5 Å². The summed E-state index contributed by atoms with van der Waals surface area (Å²) in [6.45, 7) is 3.80. The van der Waals surface area contributed by atoms with Crippen LogP contribution in [0.4, 0.5) is 11.4 Å². The Morgan fingerprint density at radius 2 is 1.59 bits per heavy atom. The highest BCUT2D eigenvalue weighted by molar-refractivity contribution is 7.92. The molecule has 0 aliphatic carbocycles.